The molecule has 1 aromatic rings. The van der Waals surface area contributed by atoms with Gasteiger partial charge in [-0.2, -0.15) is 0 Å². The number of methoxy groups -OCH3 is 1. The van der Waals surface area contributed by atoms with Crippen LogP contribution in [0.5, 0.6) is 0 Å². The molecule has 0 unspecified atom stereocenters. The van der Waals surface area contributed by atoms with E-state index < -0.39 is 0 Å². The number of carbonyl (C=O) groups excluding carboxylic acids is 1. The van der Waals surface area contributed by atoms with E-state index in [9.17, 15) is 4.79 Å². The fourth-order valence-corrected chi connectivity index (χ4v) is 2.68. The number of nitrogens with one attached hydrogen (secondary N) is 1. The molecule has 1 aliphatic carbocycles. The van der Waals surface area contributed by atoms with Crippen LogP contribution in [0.4, 0.5) is 0 Å². The second kappa shape index (κ2) is 7.46. The summed E-state index contributed by atoms with van der Waals surface area (Å²) in [6, 6.07) is 7.55. The largest absolute Gasteiger partial charge is 0.375 e. The van der Waals surface area contributed by atoms with Gasteiger partial charge in [0.15, 0.2) is 0 Å². The number of ether oxygens (including phenoxy) is 1. The molecule has 0 saturated heterocycles. The standard InChI is InChI=1S/C16H20ClNO2/c1-20-15(13-9-5-6-10-14(13)17)11-18-16(19)12-7-3-2-4-8-12/h2-3,5-6,9-10,12,15H,4,7-8,11H2,1H3,(H,18,19)/t12-,15-/m0/s1. The number of hydrogen-bond acceptors (Lipinski definition) is 2. The first kappa shape index (κ1) is 15.1. The molecule has 2 rings (SSSR count). The molecule has 0 spiro atoms. The molecular weight excluding hydrogens is 274 g/mol. The third kappa shape index (κ3) is 3.84. The molecule has 0 heterocycles. The summed E-state index contributed by atoms with van der Waals surface area (Å²) in [5.74, 6) is 0.187. The number of benzene rings is 1. The Balaban J connectivity index is 1.92. The number of rotatable bonds is 5. The molecule has 1 aromatic carbocycles. The summed E-state index contributed by atoms with van der Waals surface area (Å²) in [5, 5.41) is 3.63. The summed E-state index contributed by atoms with van der Waals surface area (Å²) in [5.41, 5.74) is 0.903. The predicted molar refractivity (Wildman–Crippen MR) is 80.7 cm³/mol. The first-order valence-corrected chi connectivity index (χ1v) is 7.30. The normalized spacial score (nSPS) is 19.6. The molecule has 0 bridgehead atoms. The van der Waals surface area contributed by atoms with Crippen molar-refractivity contribution in [3.05, 3.63) is 47.0 Å². The van der Waals surface area contributed by atoms with Gasteiger partial charge in [-0.15, -0.1) is 0 Å². The zero-order valence-electron chi connectivity index (χ0n) is 11.6. The van der Waals surface area contributed by atoms with Gasteiger partial charge in [0.05, 0.1) is 0 Å². The quantitative estimate of drug-likeness (QED) is 0.844. The van der Waals surface area contributed by atoms with Crippen molar-refractivity contribution in [3.63, 3.8) is 0 Å². The first-order chi connectivity index (χ1) is 9.72. The van der Waals surface area contributed by atoms with Crippen LogP contribution >= 0.6 is 11.6 Å². The van der Waals surface area contributed by atoms with Crippen molar-refractivity contribution >= 4 is 17.5 Å². The minimum atomic E-state index is -0.216. The van der Waals surface area contributed by atoms with Gasteiger partial charge in [0.2, 0.25) is 5.91 Å². The van der Waals surface area contributed by atoms with Crippen molar-refractivity contribution in [1.29, 1.82) is 0 Å². The second-order valence-corrected chi connectivity index (χ2v) is 5.38. The van der Waals surface area contributed by atoms with Gasteiger partial charge in [-0.1, -0.05) is 42.0 Å². The molecule has 1 N–H and O–H groups in total. The third-order valence-corrected chi connectivity index (χ3v) is 3.98. The minimum Gasteiger partial charge on any atom is -0.375 e. The van der Waals surface area contributed by atoms with Crippen molar-refractivity contribution in [2.75, 3.05) is 13.7 Å². The number of allylic oxidation sites excluding steroid dienone is 2. The number of carbonyl (C=O) groups is 1. The van der Waals surface area contributed by atoms with Crippen LogP contribution in [0.3, 0.4) is 0 Å². The van der Waals surface area contributed by atoms with E-state index in [1.807, 2.05) is 24.3 Å². The maximum atomic E-state index is 12.1. The molecule has 0 radical (unpaired) electrons. The van der Waals surface area contributed by atoms with Gasteiger partial charge in [0, 0.05) is 30.2 Å². The van der Waals surface area contributed by atoms with Crippen LogP contribution in [-0.4, -0.2) is 19.6 Å². The molecule has 4 heteroatoms. The van der Waals surface area contributed by atoms with Crippen LogP contribution in [0, 0.1) is 5.92 Å². The van der Waals surface area contributed by atoms with Gasteiger partial charge in [-0.25, -0.2) is 0 Å². The molecule has 2 atom stereocenters. The summed E-state index contributed by atoms with van der Waals surface area (Å²) in [7, 11) is 1.63. The third-order valence-electron chi connectivity index (χ3n) is 3.64. The van der Waals surface area contributed by atoms with Gasteiger partial charge < -0.3 is 10.1 Å². The number of amides is 1. The van der Waals surface area contributed by atoms with Crippen LogP contribution in [0.25, 0.3) is 0 Å². The highest BCUT2D eigenvalue weighted by molar-refractivity contribution is 6.31. The van der Waals surface area contributed by atoms with E-state index in [-0.39, 0.29) is 17.9 Å². The topological polar surface area (TPSA) is 38.3 Å². The fraction of sp³-hybridized carbons (Fsp3) is 0.438. The Labute approximate surface area is 125 Å². The lowest BCUT2D eigenvalue weighted by Gasteiger charge is -2.21. The van der Waals surface area contributed by atoms with Crippen LogP contribution < -0.4 is 5.32 Å². The lowest BCUT2D eigenvalue weighted by Crippen LogP contribution is -2.34. The molecule has 20 heavy (non-hydrogen) atoms. The average molecular weight is 294 g/mol. The highest BCUT2D eigenvalue weighted by Crippen LogP contribution is 2.25. The highest BCUT2D eigenvalue weighted by Gasteiger charge is 2.20. The summed E-state index contributed by atoms with van der Waals surface area (Å²) >= 11 is 6.16. The minimum absolute atomic E-state index is 0.0868. The molecule has 3 nitrogen and oxygen atoms in total. The maximum absolute atomic E-state index is 12.1. The summed E-state index contributed by atoms with van der Waals surface area (Å²) in [4.78, 5) is 12.1. The Morgan fingerprint density at radius 3 is 2.90 bits per heavy atom. The van der Waals surface area contributed by atoms with Crippen LogP contribution in [0.15, 0.2) is 36.4 Å². The van der Waals surface area contributed by atoms with Gasteiger partial charge >= 0.3 is 0 Å². The molecule has 0 aliphatic heterocycles. The molecule has 0 aromatic heterocycles. The Hall–Kier alpha value is -1.32. The molecule has 1 amide bonds. The van der Waals surface area contributed by atoms with Crippen molar-refractivity contribution in [2.45, 2.75) is 25.4 Å². The lowest BCUT2D eigenvalue weighted by atomic mass is 9.93. The molecular formula is C16H20ClNO2. The SMILES string of the molecule is CO[C@@H](CNC(=O)[C@H]1CC=CCC1)c1ccccc1Cl. The van der Waals surface area contributed by atoms with Crippen molar-refractivity contribution in [1.82, 2.24) is 5.32 Å². The zero-order chi connectivity index (χ0) is 14.4. The van der Waals surface area contributed by atoms with Gasteiger partial charge in [0.25, 0.3) is 0 Å². The Morgan fingerprint density at radius 2 is 2.25 bits per heavy atom. The van der Waals surface area contributed by atoms with Crippen molar-refractivity contribution < 1.29 is 9.53 Å². The van der Waals surface area contributed by atoms with E-state index in [1.165, 1.54) is 0 Å². The van der Waals surface area contributed by atoms with Crippen molar-refractivity contribution in [2.24, 2.45) is 5.92 Å². The summed E-state index contributed by atoms with van der Waals surface area (Å²) < 4.78 is 5.44. The van der Waals surface area contributed by atoms with Gasteiger partial charge in [-0.3, -0.25) is 4.79 Å². The van der Waals surface area contributed by atoms with Gasteiger partial charge in [-0.05, 0) is 25.3 Å². The van der Waals surface area contributed by atoms with E-state index in [4.69, 9.17) is 16.3 Å². The summed E-state index contributed by atoms with van der Waals surface area (Å²) in [6.45, 7) is 0.444. The Morgan fingerprint density at radius 1 is 1.45 bits per heavy atom. The zero-order valence-corrected chi connectivity index (χ0v) is 12.4. The number of halogens is 1. The first-order valence-electron chi connectivity index (χ1n) is 6.92. The van der Waals surface area contributed by atoms with Crippen LogP contribution in [0.2, 0.25) is 5.02 Å². The van der Waals surface area contributed by atoms with Crippen LogP contribution in [-0.2, 0) is 9.53 Å². The predicted octanol–water partition coefficient (Wildman–Crippen LogP) is 3.50. The highest BCUT2D eigenvalue weighted by atomic mass is 35.5. The van der Waals surface area contributed by atoms with Crippen LogP contribution in [0.1, 0.15) is 30.9 Å². The molecule has 0 fully saturated rings. The Bertz CT molecular complexity index is 487. The van der Waals surface area contributed by atoms with E-state index in [0.29, 0.717) is 11.6 Å². The monoisotopic (exact) mass is 293 g/mol. The van der Waals surface area contributed by atoms with E-state index in [0.717, 1.165) is 24.8 Å². The maximum Gasteiger partial charge on any atom is 0.223 e. The van der Waals surface area contributed by atoms with Crippen molar-refractivity contribution in [3.8, 4) is 0 Å². The van der Waals surface area contributed by atoms with E-state index in [2.05, 4.69) is 17.5 Å². The number of hydrogen-bond donors (Lipinski definition) is 1. The fourth-order valence-electron chi connectivity index (χ4n) is 2.43. The lowest BCUT2D eigenvalue weighted by molar-refractivity contribution is -0.125. The smallest absolute Gasteiger partial charge is 0.223 e. The van der Waals surface area contributed by atoms with E-state index in [1.54, 1.807) is 7.11 Å². The van der Waals surface area contributed by atoms with Gasteiger partial charge in [0.1, 0.15) is 6.10 Å². The molecule has 108 valence electrons. The summed E-state index contributed by atoms with van der Waals surface area (Å²) in [6.07, 6.45) is 6.73. The molecule has 0 saturated carbocycles. The van der Waals surface area contributed by atoms with E-state index >= 15 is 0 Å². The average Bonchev–Trinajstić information content (AvgIpc) is 2.50. The molecule has 1 aliphatic rings. The Kier molecular flexibility index (Phi) is 5.62. The second-order valence-electron chi connectivity index (χ2n) is 4.97.